The van der Waals surface area contributed by atoms with E-state index in [0.717, 1.165) is 16.7 Å². The van der Waals surface area contributed by atoms with E-state index in [4.69, 9.17) is 9.47 Å². The first-order valence-electron chi connectivity index (χ1n) is 8.46. The fraction of sp³-hybridized carbons (Fsp3) is 0.474. The van der Waals surface area contributed by atoms with Gasteiger partial charge in [-0.15, -0.1) is 0 Å². The van der Waals surface area contributed by atoms with Gasteiger partial charge in [-0.25, -0.2) is 0 Å². The van der Waals surface area contributed by atoms with Crippen LogP contribution in [0.4, 0.5) is 0 Å². The van der Waals surface area contributed by atoms with Gasteiger partial charge in [-0.05, 0) is 36.2 Å². The van der Waals surface area contributed by atoms with Crippen LogP contribution in [0.25, 0.3) is 6.08 Å². The molecule has 3 rings (SSSR count). The Hall–Kier alpha value is -2.38. The third kappa shape index (κ3) is 2.68. The predicted octanol–water partition coefficient (Wildman–Crippen LogP) is 1.29. The van der Waals surface area contributed by atoms with E-state index >= 15 is 0 Å². The number of fused-ring (bicyclic) bond motifs is 2. The van der Waals surface area contributed by atoms with Gasteiger partial charge in [0.1, 0.15) is 11.4 Å². The summed E-state index contributed by atoms with van der Waals surface area (Å²) in [6.07, 6.45) is 2.32. The molecule has 2 N–H and O–H groups in total. The zero-order valence-electron chi connectivity index (χ0n) is 14.9. The third-order valence-corrected chi connectivity index (χ3v) is 5.61. The summed E-state index contributed by atoms with van der Waals surface area (Å²) in [4.78, 5) is 25.7. The quantitative estimate of drug-likeness (QED) is 0.763. The highest BCUT2D eigenvalue weighted by molar-refractivity contribution is 5.95. The number of nitrogens with zero attached hydrogens (tertiary/aromatic N) is 1. The van der Waals surface area contributed by atoms with Crippen molar-refractivity contribution in [3.05, 3.63) is 35.4 Å². The summed E-state index contributed by atoms with van der Waals surface area (Å²) in [6, 6.07) is 3.33. The van der Waals surface area contributed by atoms with Crippen LogP contribution in [0.15, 0.2) is 18.7 Å². The number of rotatable bonds is 5. The van der Waals surface area contributed by atoms with Crippen LogP contribution in [0.2, 0.25) is 0 Å². The van der Waals surface area contributed by atoms with E-state index in [2.05, 4.69) is 6.58 Å². The lowest BCUT2D eigenvalue weighted by molar-refractivity contribution is -0.199. The van der Waals surface area contributed by atoms with Gasteiger partial charge in [-0.2, -0.15) is 0 Å². The molecule has 1 aromatic carbocycles. The number of methoxy groups -OCH3 is 1. The Morgan fingerprint density at radius 1 is 1.38 bits per heavy atom. The van der Waals surface area contributed by atoms with Crippen molar-refractivity contribution in [2.24, 2.45) is 5.92 Å². The van der Waals surface area contributed by atoms with E-state index in [1.54, 1.807) is 13.2 Å². The summed E-state index contributed by atoms with van der Waals surface area (Å²) >= 11 is 0. The lowest BCUT2D eigenvalue weighted by Gasteiger charge is -2.53. The number of hydrogen-bond donors (Lipinski definition) is 2. The van der Waals surface area contributed by atoms with Gasteiger partial charge in [0.25, 0.3) is 0 Å². The minimum absolute atomic E-state index is 0.180. The number of carbonyl (C=O) groups is 2. The van der Waals surface area contributed by atoms with Crippen molar-refractivity contribution >= 4 is 18.0 Å². The molecule has 7 heteroatoms. The topological polar surface area (TPSA) is 96.3 Å². The molecule has 2 aliphatic rings. The lowest BCUT2D eigenvalue weighted by Crippen LogP contribution is -2.68. The molecular weight excluding hydrogens is 338 g/mol. The molecule has 7 nitrogen and oxygen atoms in total. The summed E-state index contributed by atoms with van der Waals surface area (Å²) in [5, 5.41) is 19.3. The van der Waals surface area contributed by atoms with Crippen molar-refractivity contribution in [1.82, 2.24) is 4.90 Å². The zero-order valence-corrected chi connectivity index (χ0v) is 14.9. The van der Waals surface area contributed by atoms with Crippen molar-refractivity contribution in [1.29, 1.82) is 0 Å². The largest absolute Gasteiger partial charge is 0.496 e. The van der Waals surface area contributed by atoms with Gasteiger partial charge in [0.2, 0.25) is 0 Å². The van der Waals surface area contributed by atoms with E-state index in [-0.39, 0.29) is 19.1 Å². The minimum atomic E-state index is -1.66. The van der Waals surface area contributed by atoms with Gasteiger partial charge in [-0.1, -0.05) is 18.7 Å². The van der Waals surface area contributed by atoms with Gasteiger partial charge in [0, 0.05) is 19.0 Å². The fourth-order valence-corrected chi connectivity index (χ4v) is 4.38. The molecule has 1 aliphatic heterocycles. The molecule has 1 heterocycles. The van der Waals surface area contributed by atoms with Crippen molar-refractivity contribution in [2.45, 2.75) is 24.5 Å². The maximum atomic E-state index is 11.9. The second kappa shape index (κ2) is 6.74. The number of ether oxygens (including phenoxy) is 2. The standard InChI is InChI=1S/C19H23NO6/c1-4-11-5-6-14(25-3)12-9-15-19(10-13(11)12,26-8-7-20(15)2)16(17(21)22)18(23)24/h4-6,15-16H,1,7-10H2,2-3H3,(H,21,22)(H,23,24)/t15-,19-/m1/s1. The molecule has 0 bridgehead atoms. The van der Waals surface area contributed by atoms with Crippen LogP contribution in [0.5, 0.6) is 5.75 Å². The molecule has 0 unspecified atom stereocenters. The van der Waals surface area contributed by atoms with Gasteiger partial charge < -0.3 is 19.7 Å². The molecule has 1 saturated heterocycles. The predicted molar refractivity (Wildman–Crippen MR) is 94.4 cm³/mol. The summed E-state index contributed by atoms with van der Waals surface area (Å²) < 4.78 is 11.5. The van der Waals surface area contributed by atoms with Crippen LogP contribution in [0.3, 0.4) is 0 Å². The normalized spacial score (nSPS) is 25.3. The fourth-order valence-electron chi connectivity index (χ4n) is 4.38. The molecule has 0 spiro atoms. The number of carboxylic acid groups (broad SMARTS) is 2. The number of benzene rings is 1. The van der Waals surface area contributed by atoms with Gasteiger partial charge in [0.05, 0.1) is 13.7 Å². The SMILES string of the molecule is C=Cc1ccc(OC)c2c1C[C@@]1(C(C(=O)O)C(=O)O)OCCN(C)[C@@H]1C2. The van der Waals surface area contributed by atoms with E-state index in [1.165, 1.54) is 0 Å². The molecule has 1 fully saturated rings. The van der Waals surface area contributed by atoms with Gasteiger partial charge in [-0.3, -0.25) is 14.5 Å². The van der Waals surface area contributed by atoms with Crippen molar-refractivity contribution < 1.29 is 29.3 Å². The number of carboxylic acids is 2. The van der Waals surface area contributed by atoms with Crippen molar-refractivity contribution in [3.63, 3.8) is 0 Å². The molecule has 0 radical (unpaired) electrons. The van der Waals surface area contributed by atoms with Crippen molar-refractivity contribution in [2.75, 3.05) is 27.3 Å². The second-order valence-corrected chi connectivity index (χ2v) is 6.81. The zero-order chi connectivity index (χ0) is 19.1. The van der Waals surface area contributed by atoms with E-state index in [9.17, 15) is 19.8 Å². The average molecular weight is 361 g/mol. The monoisotopic (exact) mass is 361 g/mol. The van der Waals surface area contributed by atoms with E-state index in [1.807, 2.05) is 24.1 Å². The minimum Gasteiger partial charge on any atom is -0.496 e. The van der Waals surface area contributed by atoms with Gasteiger partial charge >= 0.3 is 11.9 Å². The molecule has 0 aromatic heterocycles. The van der Waals surface area contributed by atoms with Crippen LogP contribution >= 0.6 is 0 Å². The van der Waals surface area contributed by atoms with Crippen LogP contribution in [-0.4, -0.2) is 66.0 Å². The maximum Gasteiger partial charge on any atom is 0.320 e. The molecule has 1 aromatic rings. The first kappa shape index (κ1) is 18.4. The molecule has 1 aliphatic carbocycles. The first-order valence-corrected chi connectivity index (χ1v) is 8.46. The Bertz CT molecular complexity index is 747. The van der Waals surface area contributed by atoms with Crippen molar-refractivity contribution in [3.8, 4) is 5.75 Å². The Labute approximate surface area is 151 Å². The Morgan fingerprint density at radius 2 is 2.08 bits per heavy atom. The number of morpholine rings is 1. The number of aliphatic carboxylic acids is 2. The molecule has 140 valence electrons. The van der Waals surface area contributed by atoms with E-state index < -0.39 is 23.5 Å². The maximum absolute atomic E-state index is 11.9. The lowest BCUT2D eigenvalue weighted by atomic mass is 9.67. The van der Waals surface area contributed by atoms with Gasteiger partial charge in [0.15, 0.2) is 5.92 Å². The highest BCUT2D eigenvalue weighted by Gasteiger charge is 2.59. The Morgan fingerprint density at radius 3 is 2.65 bits per heavy atom. The van der Waals surface area contributed by atoms with Crippen LogP contribution in [0, 0.1) is 5.92 Å². The summed E-state index contributed by atoms with van der Waals surface area (Å²) in [6.45, 7) is 4.72. The average Bonchev–Trinajstić information content (AvgIpc) is 2.59. The number of likely N-dealkylation sites (N-methyl/N-ethyl adjacent to an activating group) is 1. The second-order valence-electron chi connectivity index (χ2n) is 6.81. The highest BCUT2D eigenvalue weighted by Crippen LogP contribution is 2.45. The molecule has 0 amide bonds. The summed E-state index contributed by atoms with van der Waals surface area (Å²) in [5.74, 6) is -3.72. The summed E-state index contributed by atoms with van der Waals surface area (Å²) in [5.41, 5.74) is 1.29. The van der Waals surface area contributed by atoms with E-state index in [0.29, 0.717) is 18.7 Å². The Kier molecular flexibility index (Phi) is 4.77. The van der Waals surface area contributed by atoms with Crippen LogP contribution in [0.1, 0.15) is 16.7 Å². The number of hydrogen-bond acceptors (Lipinski definition) is 5. The molecular formula is C19H23NO6. The molecule has 2 atom stereocenters. The third-order valence-electron chi connectivity index (χ3n) is 5.61. The van der Waals surface area contributed by atoms with Crippen LogP contribution < -0.4 is 4.74 Å². The Balaban J connectivity index is 2.22. The molecule has 0 saturated carbocycles. The smallest absolute Gasteiger partial charge is 0.320 e. The molecule has 26 heavy (non-hydrogen) atoms. The van der Waals surface area contributed by atoms with Crippen LogP contribution in [-0.2, 0) is 27.2 Å². The first-order chi connectivity index (χ1) is 12.4. The highest BCUT2D eigenvalue weighted by atomic mass is 16.5. The summed E-state index contributed by atoms with van der Waals surface area (Å²) in [7, 11) is 3.46.